The number of ether oxygens (including phenoxy) is 1. The van der Waals surface area contributed by atoms with Gasteiger partial charge in [0.2, 0.25) is 0 Å². The Morgan fingerprint density at radius 2 is 2.25 bits per heavy atom. The molecule has 1 saturated heterocycles. The molecule has 0 aliphatic carbocycles. The van der Waals surface area contributed by atoms with Crippen LogP contribution in [0.1, 0.15) is 36.3 Å². The van der Waals surface area contributed by atoms with Crippen molar-refractivity contribution in [3.8, 4) is 0 Å². The van der Waals surface area contributed by atoms with E-state index in [0.717, 1.165) is 11.4 Å². The number of esters is 1. The quantitative estimate of drug-likeness (QED) is 0.619. The molecular formula is C17H20N4O2S. The molecule has 0 saturated carbocycles. The maximum Gasteiger partial charge on any atom is 0.305 e. The summed E-state index contributed by atoms with van der Waals surface area (Å²) < 4.78 is 4.71. The highest BCUT2D eigenvalue weighted by Gasteiger charge is 2.39. The third-order valence-corrected chi connectivity index (χ3v) is 4.50. The van der Waals surface area contributed by atoms with E-state index in [1.54, 1.807) is 6.20 Å². The monoisotopic (exact) mass is 344 g/mol. The molecule has 3 rings (SSSR count). The number of aromatic amines is 1. The van der Waals surface area contributed by atoms with Crippen LogP contribution in [0.15, 0.2) is 42.7 Å². The molecule has 2 atom stereocenters. The summed E-state index contributed by atoms with van der Waals surface area (Å²) >= 11 is 5.53. The van der Waals surface area contributed by atoms with E-state index >= 15 is 0 Å². The van der Waals surface area contributed by atoms with Gasteiger partial charge >= 0.3 is 5.97 Å². The van der Waals surface area contributed by atoms with Gasteiger partial charge in [0.25, 0.3) is 0 Å². The lowest BCUT2D eigenvalue weighted by Gasteiger charge is -2.26. The first-order chi connectivity index (χ1) is 11.7. The Morgan fingerprint density at radius 3 is 2.92 bits per heavy atom. The zero-order valence-corrected chi connectivity index (χ0v) is 14.3. The zero-order chi connectivity index (χ0) is 16.9. The Balaban J connectivity index is 1.81. The van der Waals surface area contributed by atoms with Crippen molar-refractivity contribution < 1.29 is 9.53 Å². The minimum atomic E-state index is -0.203. The first-order valence-electron chi connectivity index (χ1n) is 7.89. The Labute approximate surface area is 146 Å². The highest BCUT2D eigenvalue weighted by atomic mass is 32.1. The van der Waals surface area contributed by atoms with Crippen molar-refractivity contribution in [1.29, 1.82) is 0 Å². The van der Waals surface area contributed by atoms with Gasteiger partial charge in [-0.05, 0) is 42.9 Å². The lowest BCUT2D eigenvalue weighted by atomic mass is 10.0. The number of nitrogens with one attached hydrogen (secondary N) is 2. The van der Waals surface area contributed by atoms with Gasteiger partial charge in [-0.15, -0.1) is 0 Å². The van der Waals surface area contributed by atoms with Gasteiger partial charge in [-0.1, -0.05) is 6.07 Å². The molecule has 0 unspecified atom stereocenters. The van der Waals surface area contributed by atoms with Crippen LogP contribution in [0.4, 0.5) is 0 Å². The number of hydrogen-bond acceptors (Lipinski definition) is 4. The number of nitrogens with zero attached hydrogens (tertiary/aromatic N) is 2. The van der Waals surface area contributed by atoms with Crippen molar-refractivity contribution in [2.45, 2.75) is 24.9 Å². The van der Waals surface area contributed by atoms with Crippen LogP contribution >= 0.6 is 12.2 Å². The molecule has 7 heteroatoms. The maximum atomic E-state index is 11.4. The Morgan fingerprint density at radius 1 is 1.38 bits per heavy atom. The van der Waals surface area contributed by atoms with Gasteiger partial charge in [0.05, 0.1) is 24.9 Å². The fraction of sp³-hybridized carbons (Fsp3) is 0.353. The van der Waals surface area contributed by atoms with E-state index < -0.39 is 0 Å². The molecule has 2 aromatic heterocycles. The van der Waals surface area contributed by atoms with E-state index in [9.17, 15) is 4.79 Å². The van der Waals surface area contributed by atoms with E-state index in [4.69, 9.17) is 17.0 Å². The number of thiocarbonyl (C=S) groups is 1. The van der Waals surface area contributed by atoms with E-state index in [0.29, 0.717) is 24.5 Å². The summed E-state index contributed by atoms with van der Waals surface area (Å²) in [5.41, 5.74) is 2.01. The number of rotatable bonds is 6. The van der Waals surface area contributed by atoms with E-state index in [1.165, 1.54) is 7.11 Å². The fourth-order valence-electron chi connectivity index (χ4n) is 3.01. The summed E-state index contributed by atoms with van der Waals surface area (Å²) in [6, 6.07) is 9.86. The number of carbonyl (C=O) groups is 1. The second kappa shape index (κ2) is 7.44. The molecule has 2 N–H and O–H groups in total. The highest BCUT2D eigenvalue weighted by molar-refractivity contribution is 7.80. The van der Waals surface area contributed by atoms with E-state index in [-0.39, 0.29) is 18.1 Å². The SMILES string of the molecule is COC(=O)CCCN1C(=S)N[C@@H](c2ccccn2)[C@H]1c1ccc[nH]1. The van der Waals surface area contributed by atoms with Gasteiger partial charge in [0.15, 0.2) is 5.11 Å². The molecule has 0 spiro atoms. The van der Waals surface area contributed by atoms with Crippen LogP contribution in [0, 0.1) is 0 Å². The van der Waals surface area contributed by atoms with Crippen molar-refractivity contribution in [3.63, 3.8) is 0 Å². The average Bonchev–Trinajstić information content (AvgIpc) is 3.24. The summed E-state index contributed by atoms with van der Waals surface area (Å²) in [7, 11) is 1.41. The number of aromatic nitrogens is 2. The van der Waals surface area contributed by atoms with Gasteiger partial charge in [-0.25, -0.2) is 0 Å². The van der Waals surface area contributed by atoms with Gasteiger partial charge < -0.3 is 19.9 Å². The van der Waals surface area contributed by atoms with Crippen LogP contribution in [0.5, 0.6) is 0 Å². The van der Waals surface area contributed by atoms with Crippen molar-refractivity contribution in [2.75, 3.05) is 13.7 Å². The van der Waals surface area contributed by atoms with Crippen LogP contribution in [-0.2, 0) is 9.53 Å². The first-order valence-corrected chi connectivity index (χ1v) is 8.29. The van der Waals surface area contributed by atoms with E-state index in [1.807, 2.05) is 36.5 Å². The molecule has 0 amide bonds. The predicted molar refractivity (Wildman–Crippen MR) is 94.2 cm³/mol. The number of H-pyrrole nitrogens is 1. The van der Waals surface area contributed by atoms with Gasteiger partial charge in [-0.3, -0.25) is 9.78 Å². The molecule has 1 aliphatic heterocycles. The molecule has 2 aromatic rings. The normalized spacial score (nSPS) is 20.0. The lowest BCUT2D eigenvalue weighted by Crippen LogP contribution is -2.31. The molecular weight excluding hydrogens is 324 g/mol. The van der Waals surface area contributed by atoms with Gasteiger partial charge in [-0.2, -0.15) is 0 Å². The standard InChI is InChI=1S/C17H20N4O2S/c1-23-14(22)8-5-11-21-16(13-7-4-10-19-13)15(20-17(21)24)12-6-2-3-9-18-12/h2-4,6-7,9-10,15-16,19H,5,8,11H2,1H3,(H,20,24)/t15-,16+/m0/s1. The minimum absolute atomic E-state index is 0.0139. The Kier molecular flexibility index (Phi) is 5.10. The summed E-state index contributed by atoms with van der Waals surface area (Å²) in [6.07, 6.45) is 4.74. The topological polar surface area (TPSA) is 70.2 Å². The minimum Gasteiger partial charge on any atom is -0.469 e. The predicted octanol–water partition coefficient (Wildman–Crippen LogP) is 2.34. The number of pyridine rings is 1. The largest absolute Gasteiger partial charge is 0.469 e. The van der Waals surface area contributed by atoms with Crippen molar-refractivity contribution in [2.24, 2.45) is 0 Å². The Hall–Kier alpha value is -2.41. The van der Waals surface area contributed by atoms with Gasteiger partial charge in [0, 0.05) is 31.1 Å². The second-order valence-corrected chi connectivity index (χ2v) is 6.01. The number of hydrogen-bond donors (Lipinski definition) is 2. The summed E-state index contributed by atoms with van der Waals surface area (Å²) in [4.78, 5) is 21.2. The van der Waals surface area contributed by atoms with Gasteiger partial charge in [0.1, 0.15) is 0 Å². The molecule has 1 aliphatic rings. The molecule has 0 aromatic carbocycles. The van der Waals surface area contributed by atoms with Crippen molar-refractivity contribution >= 4 is 23.3 Å². The average molecular weight is 344 g/mol. The van der Waals surface area contributed by atoms with Crippen LogP contribution < -0.4 is 5.32 Å². The zero-order valence-electron chi connectivity index (χ0n) is 13.4. The molecule has 6 nitrogen and oxygen atoms in total. The lowest BCUT2D eigenvalue weighted by molar-refractivity contribution is -0.140. The third-order valence-electron chi connectivity index (χ3n) is 4.15. The highest BCUT2D eigenvalue weighted by Crippen LogP contribution is 2.37. The smallest absolute Gasteiger partial charge is 0.305 e. The molecule has 0 bridgehead atoms. The van der Waals surface area contributed by atoms with Crippen molar-refractivity contribution in [3.05, 3.63) is 54.1 Å². The maximum absolute atomic E-state index is 11.4. The van der Waals surface area contributed by atoms with E-state index in [2.05, 4.69) is 20.2 Å². The number of methoxy groups -OCH3 is 1. The summed E-state index contributed by atoms with van der Waals surface area (Å²) in [5.74, 6) is -0.203. The van der Waals surface area contributed by atoms with Crippen LogP contribution in [0.25, 0.3) is 0 Å². The number of carbonyl (C=O) groups excluding carboxylic acids is 1. The van der Waals surface area contributed by atoms with Crippen molar-refractivity contribution in [1.82, 2.24) is 20.2 Å². The second-order valence-electron chi connectivity index (χ2n) is 5.63. The van der Waals surface area contributed by atoms with Crippen LogP contribution in [-0.4, -0.2) is 39.6 Å². The van der Waals surface area contributed by atoms with Crippen LogP contribution in [0.2, 0.25) is 0 Å². The Bertz CT molecular complexity index is 690. The fourth-order valence-corrected chi connectivity index (χ4v) is 3.34. The molecule has 126 valence electrons. The first kappa shape index (κ1) is 16.4. The molecule has 3 heterocycles. The summed E-state index contributed by atoms with van der Waals surface area (Å²) in [5, 5.41) is 4.05. The summed E-state index contributed by atoms with van der Waals surface area (Å²) in [6.45, 7) is 0.675. The molecule has 1 fully saturated rings. The third kappa shape index (κ3) is 3.41. The van der Waals surface area contributed by atoms with Crippen LogP contribution in [0.3, 0.4) is 0 Å². The molecule has 24 heavy (non-hydrogen) atoms. The molecule has 0 radical (unpaired) electrons.